The molecule has 0 spiro atoms. The second-order valence-electron chi connectivity index (χ2n) is 4.76. The van der Waals surface area contributed by atoms with E-state index in [-0.39, 0.29) is 17.1 Å². The zero-order valence-corrected chi connectivity index (χ0v) is 14.5. The number of hydrogen-bond acceptors (Lipinski definition) is 3. The first-order chi connectivity index (χ1) is 10.6. The molecule has 2 aliphatic carbocycles. The Morgan fingerprint density at radius 1 is 0.870 bits per heavy atom. The van der Waals surface area contributed by atoms with E-state index in [1.165, 1.54) is 0 Å². The third-order valence-electron chi connectivity index (χ3n) is 3.08. The van der Waals surface area contributed by atoms with Gasteiger partial charge >= 0.3 is 24.2 Å². The summed E-state index contributed by atoms with van der Waals surface area (Å²) in [4.78, 5) is 0.656. The molecule has 3 nitrogen and oxygen atoms in total. The van der Waals surface area contributed by atoms with Gasteiger partial charge in [-0.1, -0.05) is 17.7 Å². The summed E-state index contributed by atoms with van der Waals surface area (Å²) >= 11 is 0. The molecular weight excluding hydrogens is 351 g/mol. The van der Waals surface area contributed by atoms with Gasteiger partial charge in [0.25, 0.3) is 0 Å². The summed E-state index contributed by atoms with van der Waals surface area (Å²) in [6.45, 7) is 1.96. The molecule has 0 bridgehead atoms. The van der Waals surface area contributed by atoms with Gasteiger partial charge in [0.05, 0.1) is 16.0 Å². The van der Waals surface area contributed by atoms with Gasteiger partial charge in [-0.3, -0.25) is 4.21 Å². The summed E-state index contributed by atoms with van der Waals surface area (Å²) in [5.74, 6) is 0.295. The third kappa shape index (κ3) is 6.35. The summed E-state index contributed by atoms with van der Waals surface area (Å²) in [6, 6.07) is 7.33. The zero-order valence-electron chi connectivity index (χ0n) is 12.6. The minimum absolute atomic E-state index is 0. The average molecular weight is 368 g/mol. The SMILES string of the molecule is Cc1ccc([S@@](=O)[C]2[CH][CH][CH][C]2B(O)O)cc1.[CH]1[CH][CH][CH][CH]1.[Fe+2]. The molecule has 2 saturated carbocycles. The van der Waals surface area contributed by atoms with Crippen LogP contribution in [0.4, 0.5) is 0 Å². The van der Waals surface area contributed by atoms with E-state index < -0.39 is 17.9 Å². The standard InChI is InChI=1S/C12H12BO3S.C5H5.Fe/c1-9-5-7-10(8-6-9)17(16)12-4-2-3-11(12)13(14)15;1-2-4-5-3-1;/h2-8,14-15H,1H3;1-5H;/q;;+2/t17-;;/m1../s1. The number of rotatable bonds is 3. The molecule has 1 aromatic carbocycles. The van der Waals surface area contributed by atoms with Crippen molar-refractivity contribution in [3.05, 3.63) is 92.3 Å². The van der Waals surface area contributed by atoms with Crippen LogP contribution in [-0.4, -0.2) is 21.4 Å². The van der Waals surface area contributed by atoms with Crippen LogP contribution in [0.25, 0.3) is 0 Å². The first kappa shape index (κ1) is 20.9. The van der Waals surface area contributed by atoms with Crippen LogP contribution in [-0.2, 0) is 27.9 Å². The van der Waals surface area contributed by atoms with E-state index in [4.69, 9.17) is 10.0 Å². The third-order valence-corrected chi connectivity index (χ3v) is 4.55. The monoisotopic (exact) mass is 368 g/mol. The molecule has 118 valence electrons. The summed E-state index contributed by atoms with van der Waals surface area (Å²) in [7, 11) is -2.96. The molecule has 6 heteroatoms. The Morgan fingerprint density at radius 2 is 1.39 bits per heavy atom. The fourth-order valence-electron chi connectivity index (χ4n) is 1.91. The Kier molecular flexibility index (Phi) is 9.71. The Bertz CT molecular complexity index is 470. The van der Waals surface area contributed by atoms with Crippen LogP contribution in [0, 0.1) is 69.4 Å². The molecule has 0 aliphatic heterocycles. The summed E-state index contributed by atoms with van der Waals surface area (Å²) in [6.07, 6.45) is 14.9. The smallest absolute Gasteiger partial charge is 0.427 e. The van der Waals surface area contributed by atoms with E-state index in [2.05, 4.69) is 0 Å². The molecule has 2 fully saturated rings. The van der Waals surface area contributed by atoms with Gasteiger partial charge in [-0.05, 0) is 70.4 Å². The van der Waals surface area contributed by atoms with Gasteiger partial charge in [-0.25, -0.2) is 0 Å². The minimum Gasteiger partial charge on any atom is -0.427 e. The molecule has 0 unspecified atom stereocenters. The van der Waals surface area contributed by atoms with Crippen LogP contribution in [0.3, 0.4) is 0 Å². The van der Waals surface area contributed by atoms with Crippen molar-refractivity contribution in [1.29, 1.82) is 0 Å². The first-order valence-corrected chi connectivity index (χ1v) is 8.01. The topological polar surface area (TPSA) is 57.5 Å². The Hall–Kier alpha value is -0.126. The summed E-state index contributed by atoms with van der Waals surface area (Å²) in [5, 5.41) is 18.8. The predicted molar refractivity (Wildman–Crippen MR) is 88.7 cm³/mol. The Morgan fingerprint density at radius 3 is 1.87 bits per heavy atom. The van der Waals surface area contributed by atoms with Crippen molar-refractivity contribution in [3.8, 4) is 0 Å². The van der Waals surface area contributed by atoms with Gasteiger partial charge < -0.3 is 10.0 Å². The zero-order chi connectivity index (χ0) is 15.9. The largest absolute Gasteiger partial charge is 2.00 e. The fourth-order valence-corrected chi connectivity index (χ4v) is 3.14. The second kappa shape index (κ2) is 10.7. The van der Waals surface area contributed by atoms with Crippen LogP contribution >= 0.6 is 0 Å². The molecule has 10 radical (unpaired) electrons. The van der Waals surface area contributed by atoms with Crippen LogP contribution < -0.4 is 0 Å². The van der Waals surface area contributed by atoms with Gasteiger partial charge in [0.2, 0.25) is 0 Å². The number of hydrogen-bond donors (Lipinski definition) is 2. The van der Waals surface area contributed by atoms with E-state index in [1.807, 2.05) is 51.2 Å². The Balaban J connectivity index is 0.000000377. The van der Waals surface area contributed by atoms with Gasteiger partial charge in [0.1, 0.15) is 0 Å². The number of aryl methyl sites for hydroxylation is 1. The first-order valence-electron chi connectivity index (χ1n) is 6.86. The van der Waals surface area contributed by atoms with Gasteiger partial charge in [0.15, 0.2) is 0 Å². The average Bonchev–Trinajstić information content (AvgIpc) is 3.21. The van der Waals surface area contributed by atoms with Crippen LogP contribution in [0.2, 0.25) is 0 Å². The van der Waals surface area contributed by atoms with Crippen molar-refractivity contribution in [1.82, 2.24) is 0 Å². The van der Waals surface area contributed by atoms with Crippen molar-refractivity contribution >= 4 is 17.9 Å². The van der Waals surface area contributed by atoms with E-state index >= 15 is 0 Å². The normalized spacial score (nSPS) is 19.6. The molecule has 1 atom stereocenters. The molecule has 2 N–H and O–H groups in total. The second-order valence-corrected chi connectivity index (χ2v) is 6.21. The quantitative estimate of drug-likeness (QED) is 0.802. The van der Waals surface area contributed by atoms with Crippen molar-refractivity contribution < 1.29 is 31.3 Å². The fraction of sp³-hybridized carbons (Fsp3) is 0.0588. The molecule has 2 aliphatic rings. The molecule has 0 amide bonds. The van der Waals surface area contributed by atoms with Crippen molar-refractivity contribution in [2.75, 3.05) is 0 Å². The maximum Gasteiger partial charge on any atom is 2.00 e. The summed E-state index contributed by atoms with van der Waals surface area (Å²) < 4.78 is 12.2. The maximum atomic E-state index is 12.2. The van der Waals surface area contributed by atoms with E-state index in [1.54, 1.807) is 31.4 Å². The molecule has 1 aromatic rings. The molecule has 0 saturated heterocycles. The predicted octanol–water partition coefficient (Wildman–Crippen LogP) is 1.87. The van der Waals surface area contributed by atoms with Crippen LogP contribution in [0.1, 0.15) is 5.56 Å². The van der Waals surface area contributed by atoms with Crippen LogP contribution in [0.15, 0.2) is 29.2 Å². The molecular formula is C17H17BFeO3S+2. The minimum atomic E-state index is -1.59. The molecule has 3 rings (SSSR count). The molecule has 23 heavy (non-hydrogen) atoms. The van der Waals surface area contributed by atoms with Gasteiger partial charge in [-0.2, -0.15) is 0 Å². The number of benzene rings is 1. The Labute approximate surface area is 153 Å². The van der Waals surface area contributed by atoms with Crippen molar-refractivity contribution in [3.63, 3.8) is 0 Å². The van der Waals surface area contributed by atoms with E-state index in [0.717, 1.165) is 5.56 Å². The summed E-state index contributed by atoms with van der Waals surface area (Å²) in [5.41, 5.74) is 1.09. The van der Waals surface area contributed by atoms with Crippen LogP contribution in [0.5, 0.6) is 0 Å². The molecule has 0 heterocycles. The maximum absolute atomic E-state index is 12.2. The van der Waals surface area contributed by atoms with E-state index in [9.17, 15) is 4.21 Å². The van der Waals surface area contributed by atoms with Crippen molar-refractivity contribution in [2.45, 2.75) is 11.8 Å². The van der Waals surface area contributed by atoms with Gasteiger partial charge in [0, 0.05) is 10.7 Å². The van der Waals surface area contributed by atoms with E-state index in [0.29, 0.717) is 16.0 Å². The van der Waals surface area contributed by atoms with Crippen molar-refractivity contribution in [2.24, 2.45) is 0 Å². The molecule has 0 aromatic heterocycles. The van der Waals surface area contributed by atoms with Gasteiger partial charge in [-0.15, -0.1) is 0 Å².